The molecule has 1 unspecified atom stereocenters. The van der Waals surface area contributed by atoms with Crippen LogP contribution < -0.4 is 5.32 Å². The number of nitrogens with zero attached hydrogens (tertiary/aromatic N) is 2. The highest BCUT2D eigenvalue weighted by Gasteiger charge is 2.13. The lowest BCUT2D eigenvalue weighted by Crippen LogP contribution is -2.26. The molecule has 0 saturated heterocycles. The first-order chi connectivity index (χ1) is 11.8. The molecule has 0 saturated carbocycles. The van der Waals surface area contributed by atoms with Crippen molar-refractivity contribution in [3.8, 4) is 16.9 Å². The molecule has 2 N–H and O–H groups in total. The van der Waals surface area contributed by atoms with Gasteiger partial charge >= 0.3 is 0 Å². The maximum Gasteiger partial charge on any atom is 0.0972 e. The summed E-state index contributed by atoms with van der Waals surface area (Å²) in [5.41, 5.74) is 4.29. The highest BCUT2D eigenvalue weighted by molar-refractivity contribution is 5.63. The van der Waals surface area contributed by atoms with E-state index in [1.807, 2.05) is 53.2 Å². The molecule has 0 radical (unpaired) electrons. The van der Waals surface area contributed by atoms with Gasteiger partial charge in [-0.05, 0) is 25.5 Å². The Balaban J connectivity index is 1.91. The van der Waals surface area contributed by atoms with Gasteiger partial charge in [-0.3, -0.25) is 0 Å². The molecule has 0 bridgehead atoms. The summed E-state index contributed by atoms with van der Waals surface area (Å²) in [5.74, 6) is 0. The molecule has 0 aliphatic carbocycles. The van der Waals surface area contributed by atoms with E-state index in [-0.39, 0.29) is 12.6 Å². The number of rotatable bonds is 7. The van der Waals surface area contributed by atoms with Crippen molar-refractivity contribution < 1.29 is 5.11 Å². The molecule has 0 spiro atoms. The van der Waals surface area contributed by atoms with E-state index < -0.39 is 0 Å². The van der Waals surface area contributed by atoms with Crippen LogP contribution in [0, 0.1) is 0 Å². The van der Waals surface area contributed by atoms with Crippen molar-refractivity contribution in [2.24, 2.45) is 0 Å². The van der Waals surface area contributed by atoms with Gasteiger partial charge < -0.3 is 10.4 Å². The fourth-order valence-corrected chi connectivity index (χ4v) is 2.67. The van der Waals surface area contributed by atoms with Crippen molar-refractivity contribution in [1.29, 1.82) is 0 Å². The Morgan fingerprint density at radius 2 is 1.71 bits per heavy atom. The summed E-state index contributed by atoms with van der Waals surface area (Å²) >= 11 is 0. The molecule has 3 rings (SSSR count). The van der Waals surface area contributed by atoms with E-state index in [0.717, 1.165) is 35.5 Å². The van der Waals surface area contributed by atoms with Gasteiger partial charge in [-0.15, -0.1) is 0 Å². The Morgan fingerprint density at radius 3 is 2.38 bits per heavy atom. The third kappa shape index (κ3) is 3.91. The van der Waals surface area contributed by atoms with Crippen LogP contribution in [0.3, 0.4) is 0 Å². The Bertz CT molecular complexity index is 753. The van der Waals surface area contributed by atoms with Crippen molar-refractivity contribution >= 4 is 0 Å². The summed E-state index contributed by atoms with van der Waals surface area (Å²) in [5, 5.41) is 17.3. The van der Waals surface area contributed by atoms with Crippen LogP contribution in [0.5, 0.6) is 0 Å². The van der Waals surface area contributed by atoms with Gasteiger partial charge in [0.1, 0.15) is 0 Å². The summed E-state index contributed by atoms with van der Waals surface area (Å²) in [6.45, 7) is 3.00. The van der Waals surface area contributed by atoms with Crippen LogP contribution in [-0.2, 0) is 6.54 Å². The number of para-hydroxylation sites is 1. The minimum atomic E-state index is 0.197. The topological polar surface area (TPSA) is 50.1 Å². The second-order valence-corrected chi connectivity index (χ2v) is 5.94. The molecule has 4 heteroatoms. The third-order valence-corrected chi connectivity index (χ3v) is 4.06. The Labute approximate surface area is 142 Å². The second-order valence-electron chi connectivity index (χ2n) is 5.94. The lowest BCUT2D eigenvalue weighted by atomic mass is 10.1. The first-order valence-corrected chi connectivity index (χ1v) is 8.31. The third-order valence-electron chi connectivity index (χ3n) is 4.06. The van der Waals surface area contributed by atoms with Crippen molar-refractivity contribution in [2.75, 3.05) is 6.61 Å². The average molecular weight is 321 g/mol. The minimum Gasteiger partial charge on any atom is -0.396 e. The molecule has 124 valence electrons. The van der Waals surface area contributed by atoms with Gasteiger partial charge in [-0.2, -0.15) is 5.10 Å². The van der Waals surface area contributed by atoms with Crippen LogP contribution in [0.15, 0.2) is 66.9 Å². The molecule has 1 heterocycles. The van der Waals surface area contributed by atoms with Gasteiger partial charge in [0.15, 0.2) is 0 Å². The van der Waals surface area contributed by atoms with Crippen LogP contribution in [0.4, 0.5) is 0 Å². The number of aliphatic hydroxyl groups is 1. The summed E-state index contributed by atoms with van der Waals surface area (Å²) in [7, 11) is 0. The quantitative estimate of drug-likeness (QED) is 0.701. The van der Waals surface area contributed by atoms with Crippen LogP contribution in [-0.4, -0.2) is 27.5 Å². The molecule has 2 aromatic carbocycles. The highest BCUT2D eigenvalue weighted by Crippen LogP contribution is 2.23. The average Bonchev–Trinajstić information content (AvgIpc) is 3.06. The summed E-state index contributed by atoms with van der Waals surface area (Å²) < 4.78 is 1.93. The minimum absolute atomic E-state index is 0.197. The molecule has 4 nitrogen and oxygen atoms in total. The monoisotopic (exact) mass is 321 g/mol. The second kappa shape index (κ2) is 7.90. The lowest BCUT2D eigenvalue weighted by Gasteiger charge is -2.12. The van der Waals surface area contributed by atoms with E-state index in [1.54, 1.807) is 0 Å². The highest BCUT2D eigenvalue weighted by atomic mass is 16.3. The Kier molecular flexibility index (Phi) is 5.41. The molecular formula is C20H23N3O. The molecular weight excluding hydrogens is 298 g/mol. The maximum atomic E-state index is 9.06. The first kappa shape index (κ1) is 16.4. The van der Waals surface area contributed by atoms with Crippen LogP contribution in [0.1, 0.15) is 18.9 Å². The van der Waals surface area contributed by atoms with Crippen LogP contribution in [0.25, 0.3) is 16.9 Å². The van der Waals surface area contributed by atoms with Gasteiger partial charge in [-0.1, -0.05) is 48.5 Å². The number of aliphatic hydroxyl groups excluding tert-OH is 1. The molecule has 0 fully saturated rings. The number of nitrogens with one attached hydrogen (secondary N) is 1. The molecule has 3 aromatic rings. The Morgan fingerprint density at radius 1 is 1.04 bits per heavy atom. The summed E-state index contributed by atoms with van der Waals surface area (Å²) in [4.78, 5) is 0. The van der Waals surface area contributed by atoms with E-state index in [2.05, 4.69) is 30.6 Å². The van der Waals surface area contributed by atoms with Crippen molar-refractivity contribution in [3.63, 3.8) is 0 Å². The van der Waals surface area contributed by atoms with Gasteiger partial charge in [0.25, 0.3) is 0 Å². The van der Waals surface area contributed by atoms with Crippen LogP contribution in [0.2, 0.25) is 0 Å². The van der Waals surface area contributed by atoms with E-state index in [9.17, 15) is 0 Å². The van der Waals surface area contributed by atoms with Gasteiger partial charge in [0.2, 0.25) is 0 Å². The molecule has 0 amide bonds. The van der Waals surface area contributed by atoms with Gasteiger partial charge in [0.05, 0.1) is 11.4 Å². The Hall–Kier alpha value is -2.43. The van der Waals surface area contributed by atoms with Gasteiger partial charge in [-0.25, -0.2) is 4.68 Å². The van der Waals surface area contributed by atoms with Crippen molar-refractivity contribution in [2.45, 2.75) is 25.9 Å². The van der Waals surface area contributed by atoms with Crippen LogP contribution >= 0.6 is 0 Å². The molecule has 1 aromatic heterocycles. The standard InChI is InChI=1S/C20H23N3O/c1-16(12-13-24)21-14-18-15-23(19-10-6-3-7-11-19)22-20(18)17-8-4-2-5-9-17/h2-11,15-16,21,24H,12-14H2,1H3. The molecule has 24 heavy (non-hydrogen) atoms. The van der Waals surface area contributed by atoms with Crippen molar-refractivity contribution in [1.82, 2.24) is 15.1 Å². The smallest absolute Gasteiger partial charge is 0.0972 e. The molecule has 1 atom stereocenters. The zero-order chi connectivity index (χ0) is 16.8. The number of benzene rings is 2. The largest absolute Gasteiger partial charge is 0.396 e. The van der Waals surface area contributed by atoms with E-state index >= 15 is 0 Å². The predicted octanol–water partition coefficient (Wildman–Crippen LogP) is 3.40. The number of aromatic nitrogens is 2. The SMILES string of the molecule is CC(CCO)NCc1cn(-c2ccccc2)nc1-c1ccccc1. The maximum absolute atomic E-state index is 9.06. The molecule has 0 aliphatic rings. The fraction of sp³-hybridized carbons (Fsp3) is 0.250. The van der Waals surface area contributed by atoms with Crippen molar-refractivity contribution in [3.05, 3.63) is 72.4 Å². The normalized spacial score (nSPS) is 12.2. The van der Waals surface area contributed by atoms with E-state index in [0.29, 0.717) is 0 Å². The molecule has 0 aliphatic heterocycles. The zero-order valence-corrected chi connectivity index (χ0v) is 13.9. The summed E-state index contributed by atoms with van der Waals surface area (Å²) in [6.07, 6.45) is 2.82. The predicted molar refractivity (Wildman–Crippen MR) is 97.0 cm³/mol. The zero-order valence-electron chi connectivity index (χ0n) is 13.9. The van der Waals surface area contributed by atoms with Gasteiger partial charge in [0, 0.05) is 36.5 Å². The lowest BCUT2D eigenvalue weighted by molar-refractivity contribution is 0.268. The number of hydrogen-bond acceptors (Lipinski definition) is 3. The first-order valence-electron chi connectivity index (χ1n) is 8.31. The number of hydrogen-bond donors (Lipinski definition) is 2. The fourth-order valence-electron chi connectivity index (χ4n) is 2.67. The van der Waals surface area contributed by atoms with E-state index in [1.165, 1.54) is 0 Å². The van der Waals surface area contributed by atoms with E-state index in [4.69, 9.17) is 10.2 Å². The summed E-state index contributed by atoms with van der Waals surface area (Å²) in [6, 6.07) is 20.6.